The molecule has 1 aromatic rings. The van der Waals surface area contributed by atoms with E-state index in [1.54, 1.807) is 6.20 Å². The minimum Gasteiger partial charge on any atom is -0.313 e. The molecule has 13 heavy (non-hydrogen) atoms. The van der Waals surface area contributed by atoms with Gasteiger partial charge in [-0.05, 0) is 25.1 Å². The Bertz CT molecular complexity index is 263. The summed E-state index contributed by atoms with van der Waals surface area (Å²) in [6.07, 6.45) is 7.18. The molecule has 0 aliphatic rings. The highest BCUT2D eigenvalue weighted by molar-refractivity contribution is 5.44. The van der Waals surface area contributed by atoms with Crippen LogP contribution in [0.2, 0.25) is 0 Å². The average Bonchev–Trinajstić information content (AvgIpc) is 2.52. The van der Waals surface area contributed by atoms with Crippen molar-refractivity contribution in [1.82, 2.24) is 15.1 Å². The second-order valence-electron chi connectivity index (χ2n) is 2.99. The van der Waals surface area contributed by atoms with Crippen LogP contribution < -0.4 is 5.32 Å². The number of aromatic nitrogens is 2. The van der Waals surface area contributed by atoms with Gasteiger partial charge in [-0.3, -0.25) is 4.68 Å². The standard InChI is InChI=1S/C10H17N3/c1-3-7-11-8-4-5-10-6-9-12-13(10)2/h4-6,9,11H,3,7-8H2,1-2H3/b5-4+. The van der Waals surface area contributed by atoms with Crippen LogP contribution in [0.4, 0.5) is 0 Å². The summed E-state index contributed by atoms with van der Waals surface area (Å²) in [6, 6.07) is 2.00. The lowest BCUT2D eigenvalue weighted by molar-refractivity contribution is 0.729. The molecule has 0 aliphatic carbocycles. The summed E-state index contributed by atoms with van der Waals surface area (Å²) in [5, 5.41) is 7.38. The van der Waals surface area contributed by atoms with Gasteiger partial charge in [0.05, 0.1) is 5.69 Å². The van der Waals surface area contributed by atoms with E-state index in [1.165, 1.54) is 6.42 Å². The first-order chi connectivity index (χ1) is 6.34. The van der Waals surface area contributed by atoms with E-state index < -0.39 is 0 Å². The van der Waals surface area contributed by atoms with E-state index in [2.05, 4.69) is 29.5 Å². The summed E-state index contributed by atoms with van der Waals surface area (Å²) in [4.78, 5) is 0. The Morgan fingerprint density at radius 2 is 2.46 bits per heavy atom. The van der Waals surface area contributed by atoms with Gasteiger partial charge in [0, 0.05) is 19.8 Å². The molecule has 0 saturated carbocycles. The smallest absolute Gasteiger partial charge is 0.0603 e. The maximum atomic E-state index is 4.08. The van der Waals surface area contributed by atoms with Crippen LogP contribution in [0.1, 0.15) is 19.0 Å². The molecule has 0 saturated heterocycles. The molecule has 1 rings (SSSR count). The summed E-state index contributed by atoms with van der Waals surface area (Å²) >= 11 is 0. The number of nitrogens with zero attached hydrogens (tertiary/aromatic N) is 2. The summed E-state index contributed by atoms with van der Waals surface area (Å²) < 4.78 is 1.86. The molecule has 1 aromatic heterocycles. The Balaban J connectivity index is 2.28. The second kappa shape index (κ2) is 5.54. The monoisotopic (exact) mass is 179 g/mol. The Kier molecular flexibility index (Phi) is 4.26. The molecular formula is C10H17N3. The van der Waals surface area contributed by atoms with Crippen molar-refractivity contribution in [3.05, 3.63) is 24.0 Å². The number of nitrogens with one attached hydrogen (secondary N) is 1. The van der Waals surface area contributed by atoms with Gasteiger partial charge in [0.15, 0.2) is 0 Å². The van der Waals surface area contributed by atoms with Crippen molar-refractivity contribution in [2.24, 2.45) is 7.05 Å². The largest absolute Gasteiger partial charge is 0.313 e. The first-order valence-electron chi connectivity index (χ1n) is 4.70. The molecule has 1 heterocycles. The first-order valence-corrected chi connectivity index (χ1v) is 4.70. The molecule has 0 aromatic carbocycles. The lowest BCUT2D eigenvalue weighted by atomic mass is 10.3. The van der Waals surface area contributed by atoms with Crippen LogP contribution in [0.5, 0.6) is 0 Å². The molecule has 3 heteroatoms. The van der Waals surface area contributed by atoms with Gasteiger partial charge in [0.25, 0.3) is 0 Å². The minimum absolute atomic E-state index is 0.930. The molecule has 0 unspecified atom stereocenters. The zero-order chi connectivity index (χ0) is 9.52. The topological polar surface area (TPSA) is 29.9 Å². The maximum Gasteiger partial charge on any atom is 0.0603 e. The Hall–Kier alpha value is -1.09. The van der Waals surface area contributed by atoms with Crippen molar-refractivity contribution in [2.75, 3.05) is 13.1 Å². The van der Waals surface area contributed by atoms with Crippen LogP contribution in [0, 0.1) is 0 Å². The van der Waals surface area contributed by atoms with Gasteiger partial charge in [-0.1, -0.05) is 13.0 Å². The summed E-state index contributed by atoms with van der Waals surface area (Å²) in [6.45, 7) is 4.17. The van der Waals surface area contributed by atoms with E-state index in [0.717, 1.165) is 18.8 Å². The predicted molar refractivity (Wildman–Crippen MR) is 55.4 cm³/mol. The number of hydrogen-bond acceptors (Lipinski definition) is 2. The molecule has 0 radical (unpaired) electrons. The van der Waals surface area contributed by atoms with E-state index in [9.17, 15) is 0 Å². The highest BCUT2D eigenvalue weighted by Crippen LogP contribution is 1.97. The van der Waals surface area contributed by atoms with E-state index in [-0.39, 0.29) is 0 Å². The normalized spacial score (nSPS) is 11.2. The fourth-order valence-electron chi connectivity index (χ4n) is 1.09. The van der Waals surface area contributed by atoms with Crippen LogP contribution in [0.15, 0.2) is 18.3 Å². The Morgan fingerprint density at radius 3 is 3.08 bits per heavy atom. The van der Waals surface area contributed by atoms with Gasteiger partial charge in [0.1, 0.15) is 0 Å². The molecular weight excluding hydrogens is 162 g/mol. The molecule has 0 amide bonds. The number of hydrogen-bond donors (Lipinski definition) is 1. The SMILES string of the molecule is CCCNC/C=C/c1ccnn1C. The van der Waals surface area contributed by atoms with E-state index in [1.807, 2.05) is 17.8 Å². The highest BCUT2D eigenvalue weighted by Gasteiger charge is 1.90. The molecule has 1 N–H and O–H groups in total. The van der Waals surface area contributed by atoms with Gasteiger partial charge >= 0.3 is 0 Å². The second-order valence-corrected chi connectivity index (χ2v) is 2.99. The van der Waals surface area contributed by atoms with E-state index >= 15 is 0 Å². The number of rotatable bonds is 5. The molecule has 0 atom stereocenters. The van der Waals surface area contributed by atoms with Crippen molar-refractivity contribution in [3.8, 4) is 0 Å². The molecule has 0 aliphatic heterocycles. The fraction of sp³-hybridized carbons (Fsp3) is 0.500. The minimum atomic E-state index is 0.930. The molecule has 3 nitrogen and oxygen atoms in total. The summed E-state index contributed by atoms with van der Waals surface area (Å²) in [5.41, 5.74) is 1.14. The van der Waals surface area contributed by atoms with E-state index in [4.69, 9.17) is 0 Å². The van der Waals surface area contributed by atoms with Crippen molar-refractivity contribution in [1.29, 1.82) is 0 Å². The molecule has 0 bridgehead atoms. The van der Waals surface area contributed by atoms with Crippen LogP contribution in [-0.2, 0) is 7.05 Å². The average molecular weight is 179 g/mol. The van der Waals surface area contributed by atoms with Crippen molar-refractivity contribution < 1.29 is 0 Å². The lowest BCUT2D eigenvalue weighted by Crippen LogP contribution is -2.13. The van der Waals surface area contributed by atoms with Crippen LogP contribution in [-0.4, -0.2) is 22.9 Å². The Labute approximate surface area is 79.5 Å². The Morgan fingerprint density at radius 1 is 1.62 bits per heavy atom. The molecule has 0 spiro atoms. The third-order valence-electron chi connectivity index (χ3n) is 1.84. The van der Waals surface area contributed by atoms with Crippen LogP contribution in [0.25, 0.3) is 6.08 Å². The van der Waals surface area contributed by atoms with Gasteiger partial charge in [-0.2, -0.15) is 5.10 Å². The third-order valence-corrected chi connectivity index (χ3v) is 1.84. The zero-order valence-corrected chi connectivity index (χ0v) is 8.33. The number of aryl methyl sites for hydroxylation is 1. The van der Waals surface area contributed by atoms with Crippen LogP contribution in [0.3, 0.4) is 0 Å². The zero-order valence-electron chi connectivity index (χ0n) is 8.33. The van der Waals surface area contributed by atoms with Crippen molar-refractivity contribution in [3.63, 3.8) is 0 Å². The summed E-state index contributed by atoms with van der Waals surface area (Å²) in [5.74, 6) is 0. The van der Waals surface area contributed by atoms with Crippen molar-refractivity contribution >= 4 is 6.08 Å². The first kappa shape index (κ1) is 9.99. The van der Waals surface area contributed by atoms with Crippen molar-refractivity contribution in [2.45, 2.75) is 13.3 Å². The fourth-order valence-corrected chi connectivity index (χ4v) is 1.09. The lowest BCUT2D eigenvalue weighted by Gasteiger charge is -1.96. The third kappa shape index (κ3) is 3.42. The summed E-state index contributed by atoms with van der Waals surface area (Å²) in [7, 11) is 1.94. The molecule has 72 valence electrons. The quantitative estimate of drug-likeness (QED) is 0.693. The maximum absolute atomic E-state index is 4.08. The molecule has 0 fully saturated rings. The highest BCUT2D eigenvalue weighted by atomic mass is 15.2. The van der Waals surface area contributed by atoms with Crippen LogP contribution >= 0.6 is 0 Å². The predicted octanol–water partition coefficient (Wildman–Crippen LogP) is 1.43. The van der Waals surface area contributed by atoms with Gasteiger partial charge in [0.2, 0.25) is 0 Å². The van der Waals surface area contributed by atoms with Gasteiger partial charge in [-0.25, -0.2) is 0 Å². The van der Waals surface area contributed by atoms with Gasteiger partial charge in [-0.15, -0.1) is 0 Å². The van der Waals surface area contributed by atoms with E-state index in [0.29, 0.717) is 0 Å². The van der Waals surface area contributed by atoms with Gasteiger partial charge < -0.3 is 5.32 Å².